The number of aryl methyl sites for hydroxylation is 2. The number of hydrogen-bond acceptors (Lipinski definition) is 2. The number of benzene rings is 1. The van der Waals surface area contributed by atoms with E-state index in [0.717, 1.165) is 11.1 Å². The van der Waals surface area contributed by atoms with Crippen LogP contribution in [0.2, 0.25) is 0 Å². The molecule has 0 spiro atoms. The Morgan fingerprint density at radius 3 is 2.43 bits per heavy atom. The smallest absolute Gasteiger partial charge is 0.317 e. The summed E-state index contributed by atoms with van der Waals surface area (Å²) in [7, 11) is 1.60. The highest BCUT2D eigenvalue weighted by atomic mass is 16.4. The lowest BCUT2D eigenvalue weighted by atomic mass is 10.0. The van der Waals surface area contributed by atoms with Gasteiger partial charge in [-0.05, 0) is 31.9 Å². The molecule has 1 rings (SSSR count). The third-order valence-electron chi connectivity index (χ3n) is 3.55. The predicted octanol–water partition coefficient (Wildman–Crippen LogP) is 2.73. The Morgan fingerprint density at radius 2 is 1.90 bits per heavy atom. The van der Waals surface area contributed by atoms with Crippen LogP contribution in [0.15, 0.2) is 18.2 Å². The Hall–Kier alpha value is -2.04. The number of nitrogens with zero attached hydrogens (tertiary/aromatic N) is 1. The van der Waals surface area contributed by atoms with E-state index in [1.165, 1.54) is 10.5 Å². The molecule has 2 N–H and O–H groups in total. The first-order chi connectivity index (χ1) is 9.72. The normalized spacial score (nSPS) is 13.4. The molecule has 2 unspecified atom stereocenters. The first-order valence-electron chi connectivity index (χ1n) is 7.04. The van der Waals surface area contributed by atoms with Crippen LogP contribution in [0.1, 0.15) is 36.6 Å². The van der Waals surface area contributed by atoms with Crippen molar-refractivity contribution in [3.63, 3.8) is 0 Å². The van der Waals surface area contributed by atoms with E-state index < -0.39 is 11.9 Å². The lowest BCUT2D eigenvalue weighted by molar-refractivity contribution is -0.141. The quantitative estimate of drug-likeness (QED) is 0.876. The molecule has 0 aliphatic rings. The van der Waals surface area contributed by atoms with Crippen LogP contribution in [-0.4, -0.2) is 35.6 Å². The molecular weight excluding hydrogens is 268 g/mol. The molecule has 5 heteroatoms. The maximum absolute atomic E-state index is 12.1. The summed E-state index contributed by atoms with van der Waals surface area (Å²) in [5, 5.41) is 11.8. The van der Waals surface area contributed by atoms with Crippen molar-refractivity contribution < 1.29 is 14.7 Å². The number of aliphatic carboxylic acids is 1. The largest absolute Gasteiger partial charge is 0.481 e. The number of carbonyl (C=O) groups is 2. The van der Waals surface area contributed by atoms with Gasteiger partial charge < -0.3 is 15.3 Å². The second-order valence-corrected chi connectivity index (χ2v) is 5.65. The first-order valence-corrected chi connectivity index (χ1v) is 7.04. The summed E-state index contributed by atoms with van der Waals surface area (Å²) in [5.74, 6) is -1.49. The maximum Gasteiger partial charge on any atom is 0.317 e. The van der Waals surface area contributed by atoms with Crippen LogP contribution in [0.5, 0.6) is 0 Å². The minimum Gasteiger partial charge on any atom is -0.481 e. The number of carboxylic acid groups (broad SMARTS) is 1. The molecule has 0 aromatic heterocycles. The highest BCUT2D eigenvalue weighted by Gasteiger charge is 2.19. The van der Waals surface area contributed by atoms with Gasteiger partial charge in [0.25, 0.3) is 0 Å². The van der Waals surface area contributed by atoms with Crippen LogP contribution in [0.4, 0.5) is 4.79 Å². The maximum atomic E-state index is 12.1. The number of urea groups is 1. The molecule has 0 heterocycles. The Kier molecular flexibility index (Phi) is 5.76. The summed E-state index contributed by atoms with van der Waals surface area (Å²) in [4.78, 5) is 24.3. The molecule has 0 saturated carbocycles. The Balaban J connectivity index is 2.67. The fourth-order valence-corrected chi connectivity index (χ4v) is 2.26. The van der Waals surface area contributed by atoms with Gasteiger partial charge in [0, 0.05) is 13.6 Å². The SMILES string of the molecule is Cc1ccc(C(C)NC(=O)N(C)CC(C)C(=O)O)c(C)c1. The van der Waals surface area contributed by atoms with Crippen molar-refractivity contribution >= 4 is 12.0 Å². The van der Waals surface area contributed by atoms with E-state index in [9.17, 15) is 9.59 Å². The van der Waals surface area contributed by atoms with Crippen molar-refractivity contribution in [2.45, 2.75) is 33.7 Å². The Morgan fingerprint density at radius 1 is 1.29 bits per heavy atom. The molecule has 0 aliphatic heterocycles. The Bertz CT molecular complexity index is 528. The van der Waals surface area contributed by atoms with E-state index in [1.807, 2.05) is 32.9 Å². The van der Waals surface area contributed by atoms with Gasteiger partial charge in [-0.3, -0.25) is 4.79 Å². The minimum absolute atomic E-state index is 0.124. The van der Waals surface area contributed by atoms with E-state index in [2.05, 4.69) is 11.4 Å². The van der Waals surface area contributed by atoms with Crippen molar-refractivity contribution in [3.8, 4) is 0 Å². The fraction of sp³-hybridized carbons (Fsp3) is 0.500. The highest BCUT2D eigenvalue weighted by Crippen LogP contribution is 2.18. The summed E-state index contributed by atoms with van der Waals surface area (Å²) in [6, 6.07) is 5.71. The monoisotopic (exact) mass is 292 g/mol. The lowest BCUT2D eigenvalue weighted by Gasteiger charge is -2.24. The van der Waals surface area contributed by atoms with Crippen LogP contribution in [-0.2, 0) is 4.79 Å². The van der Waals surface area contributed by atoms with Gasteiger partial charge in [-0.2, -0.15) is 0 Å². The summed E-state index contributed by atoms with van der Waals surface area (Å²) in [5.41, 5.74) is 3.38. The van der Waals surface area contributed by atoms with Crippen molar-refractivity contribution in [2.24, 2.45) is 5.92 Å². The molecule has 0 saturated heterocycles. The van der Waals surface area contributed by atoms with E-state index in [4.69, 9.17) is 5.11 Å². The standard InChI is InChI=1S/C16H24N2O3/c1-10-6-7-14(11(2)8-10)13(4)17-16(21)18(5)9-12(3)15(19)20/h6-8,12-13H,9H2,1-5H3,(H,17,21)(H,19,20). The highest BCUT2D eigenvalue weighted by molar-refractivity contribution is 5.76. The molecule has 0 fully saturated rings. The zero-order valence-corrected chi connectivity index (χ0v) is 13.3. The number of rotatable bonds is 5. The zero-order chi connectivity index (χ0) is 16.2. The number of carbonyl (C=O) groups excluding carboxylic acids is 1. The summed E-state index contributed by atoms with van der Waals surface area (Å²) in [6.07, 6.45) is 0. The number of nitrogens with one attached hydrogen (secondary N) is 1. The summed E-state index contributed by atoms with van der Waals surface area (Å²) < 4.78 is 0. The average molecular weight is 292 g/mol. The topological polar surface area (TPSA) is 69.6 Å². The van der Waals surface area contributed by atoms with E-state index in [-0.39, 0.29) is 18.6 Å². The molecule has 1 aromatic carbocycles. The van der Waals surface area contributed by atoms with Crippen molar-refractivity contribution in [3.05, 3.63) is 34.9 Å². The molecule has 0 radical (unpaired) electrons. The molecule has 0 aliphatic carbocycles. The second-order valence-electron chi connectivity index (χ2n) is 5.65. The predicted molar refractivity (Wildman–Crippen MR) is 82.3 cm³/mol. The van der Waals surface area contributed by atoms with Crippen molar-refractivity contribution in [1.29, 1.82) is 0 Å². The summed E-state index contributed by atoms with van der Waals surface area (Å²) >= 11 is 0. The average Bonchev–Trinajstić information content (AvgIpc) is 2.37. The van der Waals surface area contributed by atoms with Gasteiger partial charge in [0.1, 0.15) is 0 Å². The van der Waals surface area contributed by atoms with Crippen LogP contribution < -0.4 is 5.32 Å². The molecular formula is C16H24N2O3. The van der Waals surface area contributed by atoms with Crippen LogP contribution in [0.3, 0.4) is 0 Å². The summed E-state index contributed by atoms with van der Waals surface area (Å²) in [6.45, 7) is 7.73. The lowest BCUT2D eigenvalue weighted by Crippen LogP contribution is -2.41. The van der Waals surface area contributed by atoms with Gasteiger partial charge in [0.05, 0.1) is 12.0 Å². The third kappa shape index (κ3) is 4.77. The van der Waals surface area contributed by atoms with Gasteiger partial charge in [0.2, 0.25) is 0 Å². The van der Waals surface area contributed by atoms with Crippen molar-refractivity contribution in [2.75, 3.05) is 13.6 Å². The Labute approximate surface area is 126 Å². The van der Waals surface area contributed by atoms with E-state index in [0.29, 0.717) is 0 Å². The number of carboxylic acids is 1. The number of amides is 2. The fourth-order valence-electron chi connectivity index (χ4n) is 2.26. The van der Waals surface area contributed by atoms with Crippen LogP contribution in [0.25, 0.3) is 0 Å². The van der Waals surface area contributed by atoms with Crippen LogP contribution >= 0.6 is 0 Å². The minimum atomic E-state index is -0.905. The molecule has 21 heavy (non-hydrogen) atoms. The molecule has 0 bridgehead atoms. The van der Waals surface area contributed by atoms with Gasteiger partial charge in [-0.25, -0.2) is 4.79 Å². The number of hydrogen-bond donors (Lipinski definition) is 2. The second kappa shape index (κ2) is 7.11. The first kappa shape index (κ1) is 17.0. The molecule has 2 amide bonds. The van der Waals surface area contributed by atoms with Gasteiger partial charge in [0.15, 0.2) is 0 Å². The molecule has 2 atom stereocenters. The van der Waals surface area contributed by atoms with Crippen molar-refractivity contribution in [1.82, 2.24) is 10.2 Å². The molecule has 1 aromatic rings. The van der Waals surface area contributed by atoms with Gasteiger partial charge in [-0.1, -0.05) is 30.7 Å². The molecule has 116 valence electrons. The van der Waals surface area contributed by atoms with E-state index in [1.54, 1.807) is 14.0 Å². The van der Waals surface area contributed by atoms with E-state index >= 15 is 0 Å². The van der Waals surface area contributed by atoms with Gasteiger partial charge in [-0.15, -0.1) is 0 Å². The zero-order valence-electron chi connectivity index (χ0n) is 13.3. The van der Waals surface area contributed by atoms with Crippen LogP contribution in [0, 0.1) is 19.8 Å². The van der Waals surface area contributed by atoms with Gasteiger partial charge >= 0.3 is 12.0 Å². The third-order valence-corrected chi connectivity index (χ3v) is 3.55. The molecule has 5 nitrogen and oxygen atoms in total.